The van der Waals surface area contributed by atoms with Crippen LogP contribution in [0.2, 0.25) is 0 Å². The highest BCUT2D eigenvalue weighted by atomic mass is 19.1. The summed E-state index contributed by atoms with van der Waals surface area (Å²) in [6.45, 7) is 4.87. The molecule has 1 aliphatic rings. The molecule has 16 heavy (non-hydrogen) atoms. The highest BCUT2D eigenvalue weighted by Gasteiger charge is 2.22. The zero-order valence-electron chi connectivity index (χ0n) is 9.69. The first-order chi connectivity index (χ1) is 7.56. The molecule has 0 aromatic heterocycles. The average molecular weight is 225 g/mol. The lowest BCUT2D eigenvalue weighted by atomic mass is 9.90. The summed E-state index contributed by atoms with van der Waals surface area (Å²) in [5.41, 5.74) is 1.45. The number of benzene rings is 1. The molecular weight excluding hydrogens is 208 g/mol. The fourth-order valence-corrected chi connectivity index (χ4v) is 2.35. The monoisotopic (exact) mass is 225 g/mol. The van der Waals surface area contributed by atoms with E-state index in [2.05, 4.69) is 19.2 Å². The maximum Gasteiger partial charge on any atom is 0.129 e. The van der Waals surface area contributed by atoms with E-state index in [1.165, 1.54) is 6.07 Å². The maximum absolute atomic E-state index is 13.6. The number of hydrogen-bond donors (Lipinski definition) is 1. The van der Waals surface area contributed by atoms with E-state index in [1.807, 2.05) is 0 Å². The van der Waals surface area contributed by atoms with Crippen molar-refractivity contribution in [3.8, 4) is 0 Å². The van der Waals surface area contributed by atoms with Crippen LogP contribution >= 0.6 is 0 Å². The zero-order chi connectivity index (χ0) is 11.7. The van der Waals surface area contributed by atoms with Crippen LogP contribution < -0.4 is 5.32 Å². The van der Waals surface area contributed by atoms with E-state index >= 15 is 0 Å². The van der Waals surface area contributed by atoms with E-state index in [0.717, 1.165) is 18.1 Å². The Bertz CT molecular complexity index is 388. The van der Waals surface area contributed by atoms with Crippen molar-refractivity contribution in [2.75, 3.05) is 0 Å². The fraction of sp³-hybridized carbons (Fsp3) is 0.538. The predicted octanol–water partition coefficient (Wildman–Crippen LogP) is 3.03. The highest BCUT2D eigenvalue weighted by molar-refractivity contribution is 5.32. The normalized spacial score (nSPS) is 19.9. The summed E-state index contributed by atoms with van der Waals surface area (Å²) in [4.78, 5) is 0. The molecule has 1 N–H and O–H groups in total. The standard InChI is InChI=1S/C13H17F2N/c1-8(2)3-11-6-12-9(7-16-11)4-10(14)5-13(12)15/h4-5,8,11,16H,3,6-7H2,1-2H3. The smallest absolute Gasteiger partial charge is 0.129 e. The number of rotatable bonds is 2. The highest BCUT2D eigenvalue weighted by Crippen LogP contribution is 2.23. The summed E-state index contributed by atoms with van der Waals surface area (Å²) >= 11 is 0. The van der Waals surface area contributed by atoms with Gasteiger partial charge in [0.05, 0.1) is 0 Å². The Hall–Kier alpha value is -0.960. The van der Waals surface area contributed by atoms with Gasteiger partial charge in [0, 0.05) is 18.7 Å². The third kappa shape index (κ3) is 2.40. The van der Waals surface area contributed by atoms with Crippen LogP contribution in [0.3, 0.4) is 0 Å². The van der Waals surface area contributed by atoms with Gasteiger partial charge in [0.25, 0.3) is 0 Å². The predicted molar refractivity (Wildman–Crippen MR) is 60.1 cm³/mol. The summed E-state index contributed by atoms with van der Waals surface area (Å²) < 4.78 is 26.6. The Morgan fingerprint density at radius 1 is 1.38 bits per heavy atom. The molecule has 1 unspecified atom stereocenters. The topological polar surface area (TPSA) is 12.0 Å². The van der Waals surface area contributed by atoms with E-state index < -0.39 is 11.6 Å². The zero-order valence-corrected chi connectivity index (χ0v) is 9.69. The minimum Gasteiger partial charge on any atom is -0.310 e. The summed E-state index contributed by atoms with van der Waals surface area (Å²) in [7, 11) is 0. The van der Waals surface area contributed by atoms with Crippen molar-refractivity contribution in [2.24, 2.45) is 5.92 Å². The fourth-order valence-electron chi connectivity index (χ4n) is 2.35. The molecule has 1 heterocycles. The lowest BCUT2D eigenvalue weighted by Gasteiger charge is -2.27. The average Bonchev–Trinajstić information content (AvgIpc) is 2.18. The second-order valence-corrected chi connectivity index (χ2v) is 4.94. The molecule has 0 aliphatic carbocycles. The molecule has 1 aromatic carbocycles. The Kier molecular flexibility index (Phi) is 3.24. The van der Waals surface area contributed by atoms with Gasteiger partial charge in [0.2, 0.25) is 0 Å². The van der Waals surface area contributed by atoms with Crippen molar-refractivity contribution < 1.29 is 8.78 Å². The van der Waals surface area contributed by atoms with Gasteiger partial charge in [0.1, 0.15) is 11.6 Å². The molecule has 0 saturated heterocycles. The van der Waals surface area contributed by atoms with Crippen molar-refractivity contribution in [1.29, 1.82) is 0 Å². The van der Waals surface area contributed by atoms with E-state index in [9.17, 15) is 8.78 Å². The Labute approximate surface area is 94.9 Å². The summed E-state index contributed by atoms with van der Waals surface area (Å²) in [6, 6.07) is 2.72. The molecule has 1 aromatic rings. The van der Waals surface area contributed by atoms with Gasteiger partial charge in [-0.2, -0.15) is 0 Å². The first-order valence-corrected chi connectivity index (χ1v) is 5.76. The molecule has 1 atom stereocenters. The van der Waals surface area contributed by atoms with Crippen LogP contribution in [0, 0.1) is 17.6 Å². The van der Waals surface area contributed by atoms with Crippen LogP contribution in [0.4, 0.5) is 8.78 Å². The largest absolute Gasteiger partial charge is 0.310 e. The molecule has 0 amide bonds. The summed E-state index contributed by atoms with van der Waals surface area (Å²) in [5.74, 6) is -0.298. The molecule has 1 aliphatic heterocycles. The molecule has 0 saturated carbocycles. The SMILES string of the molecule is CC(C)CC1Cc2c(F)cc(F)cc2CN1. The first kappa shape index (κ1) is 11.5. The second-order valence-electron chi connectivity index (χ2n) is 4.94. The minimum atomic E-state index is -0.486. The molecule has 0 fully saturated rings. The molecule has 3 heteroatoms. The Morgan fingerprint density at radius 3 is 2.81 bits per heavy atom. The molecule has 0 spiro atoms. The molecule has 0 radical (unpaired) electrons. The van der Waals surface area contributed by atoms with Gasteiger partial charge in [-0.15, -0.1) is 0 Å². The van der Waals surface area contributed by atoms with E-state index in [-0.39, 0.29) is 0 Å². The maximum atomic E-state index is 13.6. The third-order valence-electron chi connectivity index (χ3n) is 3.04. The van der Waals surface area contributed by atoms with Gasteiger partial charge in [-0.05, 0) is 36.0 Å². The van der Waals surface area contributed by atoms with Gasteiger partial charge in [0.15, 0.2) is 0 Å². The van der Waals surface area contributed by atoms with Crippen LogP contribution in [-0.2, 0) is 13.0 Å². The lowest BCUT2D eigenvalue weighted by Crippen LogP contribution is -2.37. The quantitative estimate of drug-likeness (QED) is 0.815. The van der Waals surface area contributed by atoms with Gasteiger partial charge in [-0.1, -0.05) is 13.8 Å². The van der Waals surface area contributed by atoms with Gasteiger partial charge in [-0.25, -0.2) is 8.78 Å². The van der Waals surface area contributed by atoms with E-state index in [4.69, 9.17) is 0 Å². The van der Waals surface area contributed by atoms with Crippen molar-refractivity contribution in [2.45, 2.75) is 39.3 Å². The molecule has 1 nitrogen and oxygen atoms in total. The molecule has 88 valence electrons. The van der Waals surface area contributed by atoms with Crippen molar-refractivity contribution >= 4 is 0 Å². The summed E-state index contributed by atoms with van der Waals surface area (Å²) in [6.07, 6.45) is 1.69. The van der Waals surface area contributed by atoms with Crippen LogP contribution in [0.25, 0.3) is 0 Å². The van der Waals surface area contributed by atoms with Crippen molar-refractivity contribution in [3.05, 3.63) is 34.9 Å². The third-order valence-corrected chi connectivity index (χ3v) is 3.04. The van der Waals surface area contributed by atoms with Crippen LogP contribution in [-0.4, -0.2) is 6.04 Å². The first-order valence-electron chi connectivity index (χ1n) is 5.76. The summed E-state index contributed by atoms with van der Waals surface area (Å²) in [5, 5.41) is 3.33. The Balaban J connectivity index is 2.20. The second kappa shape index (κ2) is 4.50. The molecule has 0 bridgehead atoms. The number of nitrogens with one attached hydrogen (secondary N) is 1. The number of fused-ring (bicyclic) bond motifs is 1. The van der Waals surface area contributed by atoms with E-state index in [1.54, 1.807) is 0 Å². The minimum absolute atomic E-state index is 0.312. The van der Waals surface area contributed by atoms with Crippen LogP contribution in [0.15, 0.2) is 12.1 Å². The van der Waals surface area contributed by atoms with Crippen LogP contribution in [0.1, 0.15) is 31.4 Å². The van der Waals surface area contributed by atoms with E-state index in [0.29, 0.717) is 30.5 Å². The number of halogens is 2. The van der Waals surface area contributed by atoms with Crippen molar-refractivity contribution in [3.63, 3.8) is 0 Å². The van der Waals surface area contributed by atoms with Crippen molar-refractivity contribution in [1.82, 2.24) is 5.32 Å². The van der Waals surface area contributed by atoms with Crippen LogP contribution in [0.5, 0.6) is 0 Å². The lowest BCUT2D eigenvalue weighted by molar-refractivity contribution is 0.388. The molecular formula is C13H17F2N. The molecule has 2 rings (SSSR count). The van der Waals surface area contributed by atoms with Gasteiger partial charge >= 0.3 is 0 Å². The van der Waals surface area contributed by atoms with Gasteiger partial charge in [-0.3, -0.25) is 0 Å². The number of hydrogen-bond acceptors (Lipinski definition) is 1. The Morgan fingerprint density at radius 2 is 2.12 bits per heavy atom. The van der Waals surface area contributed by atoms with Gasteiger partial charge < -0.3 is 5.32 Å².